The maximum Gasteiger partial charge on any atom is 0.254 e. The van der Waals surface area contributed by atoms with Crippen LogP contribution in [0.3, 0.4) is 0 Å². The minimum absolute atomic E-state index is 0.0452. The number of aliphatic hydroxyl groups is 1. The van der Waals surface area contributed by atoms with Crippen molar-refractivity contribution in [2.75, 3.05) is 13.2 Å². The summed E-state index contributed by atoms with van der Waals surface area (Å²) in [6.45, 7) is 6.92. The smallest absolute Gasteiger partial charge is 0.254 e. The van der Waals surface area contributed by atoms with Crippen molar-refractivity contribution < 1.29 is 9.90 Å². The second-order valence-electron chi connectivity index (χ2n) is 6.32. The van der Waals surface area contributed by atoms with E-state index in [0.29, 0.717) is 18.5 Å². The number of nitrogens with zero attached hydrogens (tertiary/aromatic N) is 2. The number of rotatable bonds is 8. The van der Waals surface area contributed by atoms with E-state index in [1.54, 1.807) is 17.1 Å². The number of aryl methyl sites for hydroxylation is 1. The summed E-state index contributed by atoms with van der Waals surface area (Å²) in [7, 11) is 0. The van der Waals surface area contributed by atoms with Crippen LogP contribution < -0.4 is 5.32 Å². The van der Waals surface area contributed by atoms with Gasteiger partial charge in [0, 0.05) is 19.3 Å². The Morgan fingerprint density at radius 3 is 2.62 bits per heavy atom. The first-order valence-corrected chi connectivity index (χ1v) is 8.55. The molecule has 0 aliphatic carbocycles. The molecule has 0 saturated carbocycles. The van der Waals surface area contributed by atoms with Crippen LogP contribution in [0.25, 0.3) is 5.69 Å². The Bertz CT molecular complexity index is 675. The lowest BCUT2D eigenvalue weighted by Gasteiger charge is -2.31. The summed E-state index contributed by atoms with van der Waals surface area (Å²) in [5.74, 6) is -0.126. The zero-order valence-corrected chi connectivity index (χ0v) is 14.7. The van der Waals surface area contributed by atoms with Crippen LogP contribution in [0.5, 0.6) is 0 Å². The zero-order valence-electron chi connectivity index (χ0n) is 14.7. The molecule has 0 bridgehead atoms. The highest BCUT2D eigenvalue weighted by Crippen LogP contribution is 2.29. The predicted octanol–water partition coefficient (Wildman–Crippen LogP) is 3.10. The van der Waals surface area contributed by atoms with Crippen LogP contribution in [0.4, 0.5) is 0 Å². The van der Waals surface area contributed by atoms with Crippen molar-refractivity contribution in [3.05, 3.63) is 47.8 Å². The fourth-order valence-corrected chi connectivity index (χ4v) is 2.94. The van der Waals surface area contributed by atoms with Crippen molar-refractivity contribution in [2.45, 2.75) is 40.0 Å². The van der Waals surface area contributed by atoms with E-state index in [1.807, 2.05) is 31.2 Å². The highest BCUT2D eigenvalue weighted by Gasteiger charge is 2.26. The van der Waals surface area contributed by atoms with Crippen LogP contribution in [-0.4, -0.2) is 33.9 Å². The van der Waals surface area contributed by atoms with Crippen molar-refractivity contribution >= 4 is 5.91 Å². The molecule has 1 amide bonds. The molecule has 24 heavy (non-hydrogen) atoms. The Morgan fingerprint density at radius 1 is 1.29 bits per heavy atom. The zero-order chi connectivity index (χ0) is 17.6. The highest BCUT2D eigenvalue weighted by atomic mass is 16.3. The Hall–Kier alpha value is -2.14. The molecule has 130 valence electrons. The van der Waals surface area contributed by atoms with E-state index in [0.717, 1.165) is 24.1 Å². The lowest BCUT2D eigenvalue weighted by Crippen LogP contribution is -2.37. The minimum atomic E-state index is -0.126. The van der Waals surface area contributed by atoms with Crippen LogP contribution in [-0.2, 0) is 0 Å². The summed E-state index contributed by atoms with van der Waals surface area (Å²) in [5, 5.41) is 16.6. The second-order valence-corrected chi connectivity index (χ2v) is 6.32. The number of carbonyl (C=O) groups is 1. The monoisotopic (exact) mass is 329 g/mol. The predicted molar refractivity (Wildman–Crippen MR) is 95.4 cm³/mol. The Labute approximate surface area is 143 Å². The third-order valence-electron chi connectivity index (χ3n) is 4.97. The molecule has 1 aromatic carbocycles. The molecular formula is C19H27N3O2. The maximum atomic E-state index is 12.4. The summed E-state index contributed by atoms with van der Waals surface area (Å²) >= 11 is 0. The van der Waals surface area contributed by atoms with E-state index in [-0.39, 0.29) is 17.9 Å². The average Bonchev–Trinajstić information content (AvgIpc) is 3.09. The van der Waals surface area contributed by atoms with Crippen LogP contribution in [0.2, 0.25) is 0 Å². The van der Waals surface area contributed by atoms with E-state index in [1.165, 1.54) is 0 Å². The molecule has 1 aromatic heterocycles. The van der Waals surface area contributed by atoms with E-state index < -0.39 is 0 Å². The van der Waals surface area contributed by atoms with E-state index in [2.05, 4.69) is 24.3 Å². The number of para-hydroxylation sites is 1. The quantitative estimate of drug-likeness (QED) is 0.782. The number of amides is 1. The summed E-state index contributed by atoms with van der Waals surface area (Å²) in [6.07, 6.45) is 5.89. The lowest BCUT2D eigenvalue weighted by atomic mass is 9.79. The number of hydrogen-bond acceptors (Lipinski definition) is 3. The summed E-state index contributed by atoms with van der Waals surface area (Å²) in [4.78, 5) is 12.4. The summed E-state index contributed by atoms with van der Waals surface area (Å²) < 4.78 is 1.73. The number of carbonyl (C=O) groups excluding carboxylic acids is 1. The topological polar surface area (TPSA) is 67.2 Å². The van der Waals surface area contributed by atoms with Gasteiger partial charge in [0.15, 0.2) is 0 Å². The molecule has 0 radical (unpaired) electrons. The van der Waals surface area contributed by atoms with Gasteiger partial charge >= 0.3 is 0 Å². The van der Waals surface area contributed by atoms with Gasteiger partial charge in [0.2, 0.25) is 0 Å². The molecule has 0 saturated heterocycles. The molecular weight excluding hydrogens is 302 g/mol. The third-order valence-corrected chi connectivity index (χ3v) is 4.97. The lowest BCUT2D eigenvalue weighted by molar-refractivity contribution is 0.0907. The second kappa shape index (κ2) is 8.11. The van der Waals surface area contributed by atoms with Crippen molar-refractivity contribution in [3.8, 4) is 5.69 Å². The largest absolute Gasteiger partial charge is 0.396 e. The first-order valence-electron chi connectivity index (χ1n) is 8.55. The summed E-state index contributed by atoms with van der Waals surface area (Å²) in [6, 6.07) is 7.93. The van der Waals surface area contributed by atoms with Crippen molar-refractivity contribution in [3.63, 3.8) is 0 Å². The van der Waals surface area contributed by atoms with E-state index >= 15 is 0 Å². The highest BCUT2D eigenvalue weighted by molar-refractivity contribution is 5.93. The Balaban J connectivity index is 2.07. The first kappa shape index (κ1) is 18.2. The van der Waals surface area contributed by atoms with Gasteiger partial charge in [-0.3, -0.25) is 4.79 Å². The van der Waals surface area contributed by atoms with Crippen molar-refractivity contribution in [1.82, 2.24) is 15.1 Å². The minimum Gasteiger partial charge on any atom is -0.396 e. The van der Waals surface area contributed by atoms with Crippen LogP contribution in [0, 0.1) is 12.3 Å². The SMILES string of the molecule is CCC(CC)(CCO)CNC(=O)c1cnn(-c2ccccc2C)c1. The molecule has 1 heterocycles. The van der Waals surface area contributed by atoms with Gasteiger partial charge in [0.05, 0.1) is 17.4 Å². The van der Waals surface area contributed by atoms with E-state index in [4.69, 9.17) is 0 Å². The molecule has 2 N–H and O–H groups in total. The van der Waals surface area contributed by atoms with Crippen LogP contribution >= 0.6 is 0 Å². The van der Waals surface area contributed by atoms with Gasteiger partial charge in [-0.1, -0.05) is 32.0 Å². The van der Waals surface area contributed by atoms with Crippen LogP contribution in [0.1, 0.15) is 49.0 Å². The Kier molecular flexibility index (Phi) is 6.15. The maximum absolute atomic E-state index is 12.4. The summed E-state index contributed by atoms with van der Waals surface area (Å²) in [5.41, 5.74) is 2.57. The van der Waals surface area contributed by atoms with Crippen LogP contribution in [0.15, 0.2) is 36.7 Å². The first-order chi connectivity index (χ1) is 11.5. The number of benzene rings is 1. The fourth-order valence-electron chi connectivity index (χ4n) is 2.94. The molecule has 0 aliphatic rings. The molecule has 5 nitrogen and oxygen atoms in total. The molecule has 0 fully saturated rings. The van der Waals surface area contributed by atoms with E-state index in [9.17, 15) is 9.90 Å². The number of aromatic nitrogens is 2. The molecule has 0 spiro atoms. The standard InChI is InChI=1S/C19H27N3O2/c1-4-19(5-2,10-11-23)14-20-18(24)16-12-21-22(13-16)17-9-7-6-8-15(17)3/h6-9,12-13,23H,4-5,10-11,14H2,1-3H3,(H,20,24). The molecule has 2 aromatic rings. The molecule has 0 atom stereocenters. The van der Waals surface area contributed by atoms with Gasteiger partial charge in [0.1, 0.15) is 0 Å². The van der Waals surface area contributed by atoms with Gasteiger partial charge in [-0.15, -0.1) is 0 Å². The average molecular weight is 329 g/mol. The van der Waals surface area contributed by atoms with Crippen molar-refractivity contribution in [1.29, 1.82) is 0 Å². The van der Waals surface area contributed by atoms with Gasteiger partial charge in [-0.2, -0.15) is 5.10 Å². The molecule has 0 aliphatic heterocycles. The third kappa shape index (κ3) is 4.03. The van der Waals surface area contributed by atoms with Gasteiger partial charge in [-0.05, 0) is 43.2 Å². The van der Waals surface area contributed by atoms with Crippen molar-refractivity contribution in [2.24, 2.45) is 5.41 Å². The number of hydrogen-bond donors (Lipinski definition) is 2. The Morgan fingerprint density at radius 2 is 2.00 bits per heavy atom. The normalized spacial score (nSPS) is 11.5. The fraction of sp³-hybridized carbons (Fsp3) is 0.474. The van der Waals surface area contributed by atoms with Gasteiger partial charge < -0.3 is 10.4 Å². The number of nitrogens with one attached hydrogen (secondary N) is 1. The van der Waals surface area contributed by atoms with Gasteiger partial charge in [0.25, 0.3) is 5.91 Å². The number of aliphatic hydroxyl groups excluding tert-OH is 1. The molecule has 5 heteroatoms. The molecule has 2 rings (SSSR count). The molecule has 0 unspecified atom stereocenters. The van der Waals surface area contributed by atoms with Gasteiger partial charge in [-0.25, -0.2) is 4.68 Å².